The average Bonchev–Trinajstić information content (AvgIpc) is 3.30. The van der Waals surface area contributed by atoms with E-state index in [-0.39, 0.29) is 5.91 Å². The highest BCUT2D eigenvalue weighted by molar-refractivity contribution is 5.75. The summed E-state index contributed by atoms with van der Waals surface area (Å²) in [5.41, 5.74) is 0.972. The average molecular weight is 345 g/mol. The number of nitrogens with one attached hydrogen (secondary N) is 2. The van der Waals surface area contributed by atoms with Gasteiger partial charge in [-0.05, 0) is 32.1 Å². The van der Waals surface area contributed by atoms with Gasteiger partial charge in [0.2, 0.25) is 11.9 Å². The molecule has 6 nitrogen and oxygen atoms in total. The molecular weight excluding hydrogens is 314 g/mol. The minimum Gasteiger partial charge on any atom is -0.356 e. The lowest BCUT2D eigenvalue weighted by molar-refractivity contribution is -0.121. The van der Waals surface area contributed by atoms with Crippen molar-refractivity contribution < 1.29 is 4.79 Å². The number of amides is 1. The van der Waals surface area contributed by atoms with E-state index in [0.29, 0.717) is 25.5 Å². The number of carbonyl (C=O) groups is 1. The van der Waals surface area contributed by atoms with Gasteiger partial charge >= 0.3 is 0 Å². The first-order valence-corrected chi connectivity index (χ1v) is 9.82. The standard InChI is InChI=1S/C19H31N5O/c1-15-14-17(24-12-4-5-13-24)23-19(22-15)21-11-10-20-18(25)9-8-16-6-2-3-7-16/h14,16H,2-13H2,1H3,(H,20,25)(H,21,22,23). The number of rotatable bonds is 8. The molecule has 1 aliphatic heterocycles. The molecule has 1 aromatic heterocycles. The Morgan fingerprint density at radius 2 is 1.92 bits per heavy atom. The van der Waals surface area contributed by atoms with Gasteiger partial charge in [-0.2, -0.15) is 4.98 Å². The Labute approximate surface area is 150 Å². The molecule has 0 radical (unpaired) electrons. The van der Waals surface area contributed by atoms with Crippen molar-refractivity contribution >= 4 is 17.7 Å². The molecule has 1 aromatic rings. The first-order chi connectivity index (χ1) is 12.2. The summed E-state index contributed by atoms with van der Waals surface area (Å²) in [7, 11) is 0. The second-order valence-electron chi connectivity index (χ2n) is 7.35. The SMILES string of the molecule is Cc1cc(N2CCCC2)nc(NCCNC(=O)CCC2CCCC2)n1. The van der Waals surface area contributed by atoms with Crippen LogP contribution in [0.1, 0.15) is 57.1 Å². The fraction of sp³-hybridized carbons (Fsp3) is 0.737. The van der Waals surface area contributed by atoms with E-state index in [1.165, 1.54) is 38.5 Å². The Morgan fingerprint density at radius 1 is 1.16 bits per heavy atom. The quantitative estimate of drug-likeness (QED) is 0.709. The molecule has 138 valence electrons. The summed E-state index contributed by atoms with van der Waals surface area (Å²) in [5, 5.41) is 6.23. The summed E-state index contributed by atoms with van der Waals surface area (Å²) >= 11 is 0. The number of anilines is 2. The Kier molecular flexibility index (Phi) is 6.48. The zero-order valence-corrected chi connectivity index (χ0v) is 15.4. The summed E-state index contributed by atoms with van der Waals surface area (Å²) in [5.74, 6) is 2.60. The second kappa shape index (κ2) is 9.02. The Hall–Kier alpha value is -1.85. The Morgan fingerprint density at radius 3 is 2.68 bits per heavy atom. The van der Waals surface area contributed by atoms with Crippen molar-refractivity contribution in [2.75, 3.05) is 36.4 Å². The number of carbonyl (C=O) groups excluding carboxylic acids is 1. The third-order valence-corrected chi connectivity index (χ3v) is 5.26. The van der Waals surface area contributed by atoms with Gasteiger partial charge in [-0.1, -0.05) is 25.7 Å². The molecule has 0 bridgehead atoms. The molecule has 2 N–H and O–H groups in total. The van der Waals surface area contributed by atoms with Crippen molar-refractivity contribution in [3.05, 3.63) is 11.8 Å². The van der Waals surface area contributed by atoms with Gasteiger partial charge in [0.05, 0.1) is 0 Å². The maximum Gasteiger partial charge on any atom is 0.224 e. The van der Waals surface area contributed by atoms with E-state index in [0.717, 1.165) is 36.9 Å². The van der Waals surface area contributed by atoms with Crippen LogP contribution in [0.3, 0.4) is 0 Å². The number of hydrogen-bond acceptors (Lipinski definition) is 5. The van der Waals surface area contributed by atoms with Crippen LogP contribution >= 0.6 is 0 Å². The van der Waals surface area contributed by atoms with E-state index in [4.69, 9.17) is 0 Å². The van der Waals surface area contributed by atoms with Gasteiger partial charge in [-0.3, -0.25) is 4.79 Å². The number of nitrogens with zero attached hydrogens (tertiary/aromatic N) is 3. The highest BCUT2D eigenvalue weighted by atomic mass is 16.1. The van der Waals surface area contributed by atoms with Gasteiger partial charge < -0.3 is 15.5 Å². The zero-order chi connectivity index (χ0) is 17.5. The monoisotopic (exact) mass is 345 g/mol. The Balaban J connectivity index is 1.37. The molecule has 1 saturated carbocycles. The van der Waals surface area contributed by atoms with Crippen LogP contribution in [-0.4, -0.2) is 42.1 Å². The lowest BCUT2D eigenvalue weighted by Gasteiger charge is -2.17. The lowest BCUT2D eigenvalue weighted by atomic mass is 10.0. The minimum atomic E-state index is 0.164. The largest absolute Gasteiger partial charge is 0.356 e. The molecule has 2 fully saturated rings. The van der Waals surface area contributed by atoms with Crippen molar-refractivity contribution in [2.24, 2.45) is 5.92 Å². The van der Waals surface area contributed by atoms with Crippen LogP contribution in [0.5, 0.6) is 0 Å². The van der Waals surface area contributed by atoms with E-state index in [2.05, 4.69) is 25.5 Å². The molecule has 0 unspecified atom stereocenters. The number of hydrogen-bond donors (Lipinski definition) is 2. The van der Waals surface area contributed by atoms with Crippen LogP contribution < -0.4 is 15.5 Å². The lowest BCUT2D eigenvalue weighted by Crippen LogP contribution is -2.29. The van der Waals surface area contributed by atoms with Crippen LogP contribution in [-0.2, 0) is 4.79 Å². The number of aryl methyl sites for hydroxylation is 1. The van der Waals surface area contributed by atoms with E-state index in [1.54, 1.807) is 0 Å². The van der Waals surface area contributed by atoms with Crippen LogP contribution in [0.25, 0.3) is 0 Å². The second-order valence-corrected chi connectivity index (χ2v) is 7.35. The fourth-order valence-corrected chi connectivity index (χ4v) is 3.84. The van der Waals surface area contributed by atoms with Gasteiger partial charge in [0.25, 0.3) is 0 Å². The molecule has 2 heterocycles. The van der Waals surface area contributed by atoms with Crippen molar-refractivity contribution in [1.82, 2.24) is 15.3 Å². The predicted molar refractivity (Wildman–Crippen MR) is 101 cm³/mol. The predicted octanol–water partition coefficient (Wildman–Crippen LogP) is 2.88. The first kappa shape index (κ1) is 18.0. The van der Waals surface area contributed by atoms with Crippen LogP contribution in [0.2, 0.25) is 0 Å². The molecule has 3 rings (SSSR count). The van der Waals surface area contributed by atoms with E-state index in [9.17, 15) is 4.79 Å². The summed E-state index contributed by atoms with van der Waals surface area (Å²) in [6.45, 7) is 5.41. The Bertz CT molecular complexity index is 565. The summed E-state index contributed by atoms with van der Waals surface area (Å²) < 4.78 is 0. The van der Waals surface area contributed by atoms with Crippen molar-refractivity contribution in [2.45, 2.75) is 58.3 Å². The molecule has 0 aromatic carbocycles. The zero-order valence-electron chi connectivity index (χ0n) is 15.4. The highest BCUT2D eigenvalue weighted by Gasteiger charge is 2.16. The molecule has 25 heavy (non-hydrogen) atoms. The summed E-state index contributed by atoms with van der Waals surface area (Å²) in [4.78, 5) is 23.3. The third-order valence-electron chi connectivity index (χ3n) is 5.26. The van der Waals surface area contributed by atoms with Crippen molar-refractivity contribution in [1.29, 1.82) is 0 Å². The minimum absolute atomic E-state index is 0.164. The molecule has 2 aliphatic rings. The molecule has 0 atom stereocenters. The van der Waals surface area contributed by atoms with Crippen molar-refractivity contribution in [3.8, 4) is 0 Å². The topological polar surface area (TPSA) is 70.2 Å². The fourth-order valence-electron chi connectivity index (χ4n) is 3.84. The molecule has 1 saturated heterocycles. The van der Waals surface area contributed by atoms with Gasteiger partial charge in [0.15, 0.2) is 0 Å². The molecule has 1 amide bonds. The first-order valence-electron chi connectivity index (χ1n) is 9.82. The maximum atomic E-state index is 11.9. The third kappa shape index (κ3) is 5.58. The molecule has 1 aliphatic carbocycles. The summed E-state index contributed by atoms with van der Waals surface area (Å²) in [6.07, 6.45) is 9.46. The smallest absolute Gasteiger partial charge is 0.224 e. The van der Waals surface area contributed by atoms with Gasteiger partial charge in [0.1, 0.15) is 5.82 Å². The van der Waals surface area contributed by atoms with Crippen LogP contribution in [0, 0.1) is 12.8 Å². The van der Waals surface area contributed by atoms with E-state index < -0.39 is 0 Å². The molecule has 6 heteroatoms. The van der Waals surface area contributed by atoms with Gasteiger partial charge in [-0.25, -0.2) is 4.98 Å². The maximum absolute atomic E-state index is 11.9. The van der Waals surface area contributed by atoms with Crippen LogP contribution in [0.4, 0.5) is 11.8 Å². The van der Waals surface area contributed by atoms with E-state index >= 15 is 0 Å². The van der Waals surface area contributed by atoms with Gasteiger partial charge in [0, 0.05) is 44.4 Å². The van der Waals surface area contributed by atoms with Crippen molar-refractivity contribution in [3.63, 3.8) is 0 Å². The molecule has 0 spiro atoms. The highest BCUT2D eigenvalue weighted by Crippen LogP contribution is 2.28. The number of aromatic nitrogens is 2. The van der Waals surface area contributed by atoms with Gasteiger partial charge in [-0.15, -0.1) is 0 Å². The van der Waals surface area contributed by atoms with E-state index in [1.807, 2.05) is 13.0 Å². The summed E-state index contributed by atoms with van der Waals surface area (Å²) in [6, 6.07) is 2.04. The molecular formula is C19H31N5O. The normalized spacial score (nSPS) is 17.9. The van der Waals surface area contributed by atoms with Crippen LogP contribution in [0.15, 0.2) is 6.07 Å².